The number of halogens is 2. The summed E-state index contributed by atoms with van der Waals surface area (Å²) in [7, 11) is 0. The van der Waals surface area contributed by atoms with Crippen molar-refractivity contribution in [2.75, 3.05) is 13.2 Å². The predicted molar refractivity (Wildman–Crippen MR) is 80.2 cm³/mol. The van der Waals surface area contributed by atoms with Crippen LogP contribution in [0.3, 0.4) is 0 Å². The minimum atomic E-state index is -1.45. The summed E-state index contributed by atoms with van der Waals surface area (Å²) in [5.41, 5.74) is 0.982. The molecule has 2 aliphatic rings. The first-order chi connectivity index (χ1) is 11.9. The van der Waals surface area contributed by atoms with E-state index in [0.717, 1.165) is 18.2 Å². The van der Waals surface area contributed by atoms with Crippen LogP contribution < -0.4 is 5.48 Å². The molecular formula is C16H16F2N2O5. The molecular weight excluding hydrogens is 338 g/mol. The lowest BCUT2D eigenvalue weighted by molar-refractivity contribution is -0.170. The van der Waals surface area contributed by atoms with Crippen LogP contribution in [0.25, 0.3) is 0 Å². The Morgan fingerprint density at radius 2 is 2.04 bits per heavy atom. The quantitative estimate of drug-likeness (QED) is 0.831. The SMILES string of the molecule is CC1(C(=O)NOC(=O)C2CCOC2)CC(c2cc(F)cc(F)c2)=NO1. The third kappa shape index (κ3) is 3.76. The van der Waals surface area contributed by atoms with Gasteiger partial charge in [0.15, 0.2) is 0 Å². The number of benzene rings is 1. The molecule has 2 atom stereocenters. The summed E-state index contributed by atoms with van der Waals surface area (Å²) in [5, 5.41) is 3.73. The van der Waals surface area contributed by atoms with Crippen LogP contribution in [-0.4, -0.2) is 36.4 Å². The van der Waals surface area contributed by atoms with Gasteiger partial charge >= 0.3 is 5.97 Å². The van der Waals surface area contributed by atoms with E-state index in [1.807, 2.05) is 5.48 Å². The summed E-state index contributed by atoms with van der Waals surface area (Å²) in [6.45, 7) is 2.15. The summed E-state index contributed by atoms with van der Waals surface area (Å²) in [4.78, 5) is 33.9. The molecule has 2 heterocycles. The van der Waals surface area contributed by atoms with Crippen LogP contribution in [0.2, 0.25) is 0 Å². The Labute approximate surface area is 141 Å². The number of oxime groups is 1. The number of amides is 1. The predicted octanol–water partition coefficient (Wildman–Crippen LogP) is 1.46. The van der Waals surface area contributed by atoms with Gasteiger partial charge < -0.3 is 14.4 Å². The highest BCUT2D eigenvalue weighted by Crippen LogP contribution is 2.27. The number of carbonyl (C=O) groups excluding carboxylic acids is 2. The van der Waals surface area contributed by atoms with Crippen LogP contribution >= 0.6 is 0 Å². The molecule has 1 N–H and O–H groups in total. The standard InChI is InChI=1S/C16H16F2N2O5/c1-16(15(22)20-24-14(21)9-2-3-23-8-9)7-13(19-25-16)10-4-11(17)6-12(18)5-10/h4-6,9H,2-3,7-8H2,1H3,(H,20,22). The van der Waals surface area contributed by atoms with E-state index in [4.69, 9.17) is 14.4 Å². The van der Waals surface area contributed by atoms with Gasteiger partial charge in [0.25, 0.3) is 5.91 Å². The largest absolute Gasteiger partial charge is 0.381 e. The second-order valence-corrected chi connectivity index (χ2v) is 6.11. The number of hydrogen-bond acceptors (Lipinski definition) is 6. The molecule has 1 amide bonds. The van der Waals surface area contributed by atoms with E-state index < -0.39 is 35.0 Å². The van der Waals surface area contributed by atoms with Crippen molar-refractivity contribution in [1.82, 2.24) is 5.48 Å². The molecule has 25 heavy (non-hydrogen) atoms. The monoisotopic (exact) mass is 354 g/mol. The first-order valence-electron chi connectivity index (χ1n) is 7.68. The average Bonchev–Trinajstić information content (AvgIpc) is 3.21. The molecule has 134 valence electrons. The van der Waals surface area contributed by atoms with Gasteiger partial charge in [-0.3, -0.25) is 4.79 Å². The number of hydrogen-bond donors (Lipinski definition) is 1. The maximum Gasteiger partial charge on any atom is 0.337 e. The molecule has 2 aliphatic heterocycles. The fourth-order valence-corrected chi connectivity index (χ4v) is 2.55. The number of carbonyl (C=O) groups is 2. The lowest BCUT2D eigenvalue weighted by Crippen LogP contribution is -2.46. The van der Waals surface area contributed by atoms with Crippen molar-refractivity contribution in [3.63, 3.8) is 0 Å². The minimum Gasteiger partial charge on any atom is -0.381 e. The van der Waals surface area contributed by atoms with E-state index in [1.165, 1.54) is 6.92 Å². The molecule has 0 aromatic heterocycles. The zero-order valence-electron chi connectivity index (χ0n) is 13.4. The van der Waals surface area contributed by atoms with Crippen molar-refractivity contribution >= 4 is 17.6 Å². The Bertz CT molecular complexity index is 713. The van der Waals surface area contributed by atoms with Gasteiger partial charge in [0, 0.05) is 24.7 Å². The van der Waals surface area contributed by atoms with Crippen LogP contribution in [0, 0.1) is 17.6 Å². The molecule has 2 unspecified atom stereocenters. The highest BCUT2D eigenvalue weighted by atomic mass is 19.1. The number of ether oxygens (including phenoxy) is 1. The van der Waals surface area contributed by atoms with Gasteiger partial charge in [-0.2, -0.15) is 5.48 Å². The van der Waals surface area contributed by atoms with Crippen molar-refractivity contribution in [3.8, 4) is 0 Å². The van der Waals surface area contributed by atoms with Gasteiger partial charge in [0.1, 0.15) is 11.6 Å². The lowest BCUT2D eigenvalue weighted by atomic mass is 9.95. The molecule has 1 saturated heterocycles. The third-order valence-corrected chi connectivity index (χ3v) is 4.05. The van der Waals surface area contributed by atoms with Gasteiger partial charge in [0.2, 0.25) is 5.60 Å². The number of hydroxylamine groups is 1. The second-order valence-electron chi connectivity index (χ2n) is 6.11. The molecule has 1 fully saturated rings. The molecule has 1 aromatic rings. The van der Waals surface area contributed by atoms with Crippen LogP contribution in [0.5, 0.6) is 0 Å². The van der Waals surface area contributed by atoms with Crippen LogP contribution in [0.4, 0.5) is 8.78 Å². The van der Waals surface area contributed by atoms with Crippen molar-refractivity contribution in [2.45, 2.75) is 25.4 Å². The normalized spacial score (nSPS) is 25.2. The molecule has 9 heteroatoms. The number of nitrogens with one attached hydrogen (secondary N) is 1. The van der Waals surface area contributed by atoms with Crippen LogP contribution in [0.1, 0.15) is 25.3 Å². The fourth-order valence-electron chi connectivity index (χ4n) is 2.55. The Morgan fingerprint density at radius 3 is 2.68 bits per heavy atom. The number of nitrogens with zero attached hydrogens (tertiary/aromatic N) is 1. The molecule has 0 spiro atoms. The second kappa shape index (κ2) is 6.75. The maximum atomic E-state index is 13.3. The molecule has 0 aliphatic carbocycles. The van der Waals surface area contributed by atoms with E-state index in [-0.39, 0.29) is 24.3 Å². The molecule has 1 aromatic carbocycles. The highest BCUT2D eigenvalue weighted by Gasteiger charge is 2.43. The van der Waals surface area contributed by atoms with E-state index in [0.29, 0.717) is 13.0 Å². The van der Waals surface area contributed by atoms with Gasteiger partial charge in [-0.15, -0.1) is 0 Å². The molecule has 0 bridgehead atoms. The van der Waals surface area contributed by atoms with Crippen molar-refractivity contribution < 1.29 is 32.8 Å². The van der Waals surface area contributed by atoms with Crippen molar-refractivity contribution in [3.05, 3.63) is 35.4 Å². The van der Waals surface area contributed by atoms with Gasteiger partial charge in [0.05, 0.1) is 18.2 Å². The first kappa shape index (κ1) is 17.3. The molecule has 7 nitrogen and oxygen atoms in total. The minimum absolute atomic E-state index is 0.0359. The number of rotatable bonds is 3. The molecule has 0 saturated carbocycles. The zero-order chi connectivity index (χ0) is 18.0. The summed E-state index contributed by atoms with van der Waals surface area (Å²) >= 11 is 0. The summed E-state index contributed by atoms with van der Waals surface area (Å²) in [6, 6.07) is 2.92. The first-order valence-corrected chi connectivity index (χ1v) is 7.68. The topological polar surface area (TPSA) is 86.2 Å². The summed E-state index contributed by atoms with van der Waals surface area (Å²) in [6.07, 6.45) is 0.493. The highest BCUT2D eigenvalue weighted by molar-refractivity contribution is 6.05. The Kier molecular flexibility index (Phi) is 4.67. The van der Waals surface area contributed by atoms with E-state index in [9.17, 15) is 18.4 Å². The zero-order valence-corrected chi connectivity index (χ0v) is 13.4. The Hall–Kier alpha value is -2.55. The van der Waals surface area contributed by atoms with Gasteiger partial charge in [-0.05, 0) is 25.5 Å². The van der Waals surface area contributed by atoms with E-state index >= 15 is 0 Å². The van der Waals surface area contributed by atoms with E-state index in [1.54, 1.807) is 0 Å². The summed E-state index contributed by atoms with van der Waals surface area (Å²) < 4.78 is 31.7. The van der Waals surface area contributed by atoms with E-state index in [2.05, 4.69) is 5.16 Å². The molecule has 3 rings (SSSR count). The third-order valence-electron chi connectivity index (χ3n) is 4.05. The average molecular weight is 354 g/mol. The lowest BCUT2D eigenvalue weighted by Gasteiger charge is -2.20. The maximum absolute atomic E-state index is 13.3. The van der Waals surface area contributed by atoms with Crippen molar-refractivity contribution in [1.29, 1.82) is 0 Å². The van der Waals surface area contributed by atoms with Crippen molar-refractivity contribution in [2.24, 2.45) is 11.1 Å². The van der Waals surface area contributed by atoms with Gasteiger partial charge in [-0.25, -0.2) is 13.6 Å². The molecule has 0 radical (unpaired) electrons. The van der Waals surface area contributed by atoms with Crippen LogP contribution in [0.15, 0.2) is 23.4 Å². The fraction of sp³-hybridized carbons (Fsp3) is 0.438. The van der Waals surface area contributed by atoms with Gasteiger partial charge in [-0.1, -0.05) is 5.16 Å². The van der Waals surface area contributed by atoms with Crippen LogP contribution in [-0.2, 0) is 24.0 Å². The summed E-state index contributed by atoms with van der Waals surface area (Å²) in [5.74, 6) is -3.26. The smallest absolute Gasteiger partial charge is 0.337 e. The Morgan fingerprint density at radius 1 is 1.32 bits per heavy atom. The Balaban J connectivity index is 1.59.